The summed E-state index contributed by atoms with van der Waals surface area (Å²) in [5.41, 5.74) is 0. The fourth-order valence-corrected chi connectivity index (χ4v) is 2.11. The number of carbonyl (C=O) groups excluding carboxylic acids is 1. The zero-order chi connectivity index (χ0) is 13.8. The van der Waals surface area contributed by atoms with Gasteiger partial charge >= 0.3 is 5.97 Å². The van der Waals surface area contributed by atoms with E-state index in [1.807, 2.05) is 6.08 Å². The molecule has 3 N–H and O–H groups in total. The van der Waals surface area contributed by atoms with E-state index in [9.17, 15) is 9.59 Å². The van der Waals surface area contributed by atoms with Gasteiger partial charge < -0.3 is 10.4 Å². The summed E-state index contributed by atoms with van der Waals surface area (Å²) in [5.74, 6) is -2.11. The van der Waals surface area contributed by atoms with E-state index in [1.54, 1.807) is 13.0 Å². The summed E-state index contributed by atoms with van der Waals surface area (Å²) in [7, 11) is 0. The first-order valence-corrected chi connectivity index (χ1v) is 6.01. The maximum Gasteiger partial charge on any atom is 0.307 e. The van der Waals surface area contributed by atoms with E-state index in [-0.39, 0.29) is 5.91 Å². The molecule has 102 valence electrons. The predicted octanol–water partition coefficient (Wildman–Crippen LogP) is 0.0439. The summed E-state index contributed by atoms with van der Waals surface area (Å²) in [4.78, 5) is 23.3. The highest BCUT2D eigenvalue weighted by Gasteiger charge is 2.34. The number of carboxylic acid groups (broad SMARTS) is 1. The standard InChI is InChI=1S/C11H15N5O3/c1-6(9-13-15-16-14-9)12-10(17)7-4-2-3-5-8(7)11(18)19/h2-3,6-8H,4-5H2,1H3,(H,12,17)(H,18,19)(H,13,14,15,16)/t6?,7-,8+/m1/s1. The van der Waals surface area contributed by atoms with Gasteiger partial charge in [0.1, 0.15) is 0 Å². The van der Waals surface area contributed by atoms with Crippen LogP contribution in [0, 0.1) is 11.8 Å². The summed E-state index contributed by atoms with van der Waals surface area (Å²) < 4.78 is 0. The van der Waals surface area contributed by atoms with Gasteiger partial charge in [-0.1, -0.05) is 17.4 Å². The van der Waals surface area contributed by atoms with Gasteiger partial charge in [0, 0.05) is 0 Å². The lowest BCUT2D eigenvalue weighted by Gasteiger charge is -2.25. The fourth-order valence-electron chi connectivity index (χ4n) is 2.11. The highest BCUT2D eigenvalue weighted by molar-refractivity contribution is 5.85. The van der Waals surface area contributed by atoms with Crippen molar-refractivity contribution in [3.8, 4) is 0 Å². The van der Waals surface area contributed by atoms with E-state index in [0.717, 1.165) is 0 Å². The average molecular weight is 265 g/mol. The number of allylic oxidation sites excluding steroid dienone is 2. The first-order valence-electron chi connectivity index (χ1n) is 6.01. The van der Waals surface area contributed by atoms with Crippen LogP contribution in [0.25, 0.3) is 0 Å². The molecule has 1 amide bonds. The molecule has 3 atom stereocenters. The van der Waals surface area contributed by atoms with Gasteiger partial charge in [0.2, 0.25) is 5.91 Å². The molecule has 1 unspecified atom stereocenters. The van der Waals surface area contributed by atoms with Crippen molar-refractivity contribution >= 4 is 11.9 Å². The Morgan fingerprint density at radius 1 is 1.42 bits per heavy atom. The Labute approximate surface area is 109 Å². The maximum atomic E-state index is 12.1. The van der Waals surface area contributed by atoms with E-state index < -0.39 is 23.8 Å². The molecule has 0 spiro atoms. The number of tetrazole rings is 1. The van der Waals surface area contributed by atoms with Crippen molar-refractivity contribution in [2.24, 2.45) is 11.8 Å². The number of amides is 1. The summed E-state index contributed by atoms with van der Waals surface area (Å²) in [5, 5.41) is 25.1. The lowest BCUT2D eigenvalue weighted by molar-refractivity contribution is -0.147. The van der Waals surface area contributed by atoms with Crippen molar-refractivity contribution in [3.05, 3.63) is 18.0 Å². The Morgan fingerprint density at radius 3 is 2.68 bits per heavy atom. The van der Waals surface area contributed by atoms with Crippen molar-refractivity contribution in [1.29, 1.82) is 0 Å². The van der Waals surface area contributed by atoms with Crippen LogP contribution in [-0.2, 0) is 9.59 Å². The molecule has 8 nitrogen and oxygen atoms in total. The SMILES string of the molecule is CC(NC(=O)[C@@H]1CC=CC[C@@H]1C(=O)O)c1nn[nH]n1. The van der Waals surface area contributed by atoms with Crippen LogP contribution in [0.1, 0.15) is 31.6 Å². The molecule has 8 heteroatoms. The number of rotatable bonds is 4. The number of nitrogens with one attached hydrogen (secondary N) is 2. The van der Waals surface area contributed by atoms with Gasteiger partial charge in [0.05, 0.1) is 17.9 Å². The number of aromatic amines is 1. The Kier molecular flexibility index (Phi) is 3.88. The molecule has 1 aromatic heterocycles. The molecule has 0 fully saturated rings. The molecule has 0 bridgehead atoms. The average Bonchev–Trinajstić information content (AvgIpc) is 2.92. The second kappa shape index (κ2) is 5.59. The number of carboxylic acids is 1. The highest BCUT2D eigenvalue weighted by atomic mass is 16.4. The smallest absolute Gasteiger partial charge is 0.307 e. The van der Waals surface area contributed by atoms with Crippen LogP contribution >= 0.6 is 0 Å². The first kappa shape index (κ1) is 13.2. The lowest BCUT2D eigenvalue weighted by atomic mass is 9.82. The molecule has 0 radical (unpaired) electrons. The molecule has 1 aliphatic rings. The molecule has 2 rings (SSSR count). The second-order valence-corrected chi connectivity index (χ2v) is 4.49. The lowest BCUT2D eigenvalue weighted by Crippen LogP contribution is -2.40. The number of nitrogens with zero attached hydrogens (tertiary/aromatic N) is 3. The monoisotopic (exact) mass is 265 g/mol. The topological polar surface area (TPSA) is 121 Å². The van der Waals surface area contributed by atoms with Crippen LogP contribution in [-0.4, -0.2) is 37.6 Å². The third-order valence-electron chi connectivity index (χ3n) is 3.19. The second-order valence-electron chi connectivity index (χ2n) is 4.49. The third kappa shape index (κ3) is 2.95. The molecular formula is C11H15N5O3. The van der Waals surface area contributed by atoms with Crippen LogP contribution in [0.5, 0.6) is 0 Å². The van der Waals surface area contributed by atoms with Crippen LogP contribution in [0.15, 0.2) is 12.2 Å². The van der Waals surface area contributed by atoms with Crippen molar-refractivity contribution < 1.29 is 14.7 Å². The van der Waals surface area contributed by atoms with Gasteiger partial charge in [-0.15, -0.1) is 10.2 Å². The van der Waals surface area contributed by atoms with Gasteiger partial charge in [-0.2, -0.15) is 5.21 Å². The fraction of sp³-hybridized carbons (Fsp3) is 0.545. The molecule has 0 saturated heterocycles. The van der Waals surface area contributed by atoms with Crippen molar-refractivity contribution in [1.82, 2.24) is 25.9 Å². The van der Waals surface area contributed by atoms with E-state index in [2.05, 4.69) is 25.9 Å². The minimum Gasteiger partial charge on any atom is -0.481 e. The largest absolute Gasteiger partial charge is 0.481 e. The van der Waals surface area contributed by atoms with E-state index in [0.29, 0.717) is 18.7 Å². The third-order valence-corrected chi connectivity index (χ3v) is 3.19. The van der Waals surface area contributed by atoms with Crippen LogP contribution in [0.3, 0.4) is 0 Å². The van der Waals surface area contributed by atoms with Crippen molar-refractivity contribution in [2.45, 2.75) is 25.8 Å². The van der Waals surface area contributed by atoms with Crippen LogP contribution < -0.4 is 5.32 Å². The zero-order valence-electron chi connectivity index (χ0n) is 10.4. The maximum absolute atomic E-state index is 12.1. The Morgan fingerprint density at radius 2 is 2.11 bits per heavy atom. The van der Waals surface area contributed by atoms with Gasteiger partial charge in [-0.05, 0) is 19.8 Å². The Bertz CT molecular complexity index is 485. The molecular weight excluding hydrogens is 250 g/mol. The number of aliphatic carboxylic acids is 1. The summed E-state index contributed by atoms with van der Waals surface area (Å²) in [6, 6.07) is -0.411. The molecule has 1 aromatic rings. The van der Waals surface area contributed by atoms with E-state index in [1.165, 1.54) is 0 Å². The Balaban J connectivity index is 2.02. The van der Waals surface area contributed by atoms with Gasteiger partial charge in [-0.3, -0.25) is 9.59 Å². The summed E-state index contributed by atoms with van der Waals surface area (Å²) in [6.07, 6.45) is 4.44. The molecule has 0 aromatic carbocycles. The zero-order valence-corrected chi connectivity index (χ0v) is 10.4. The normalized spacial score (nSPS) is 23.8. The minimum absolute atomic E-state index is 0.297. The molecule has 1 heterocycles. The van der Waals surface area contributed by atoms with Crippen LogP contribution in [0.2, 0.25) is 0 Å². The van der Waals surface area contributed by atoms with Gasteiger partial charge in [0.15, 0.2) is 5.82 Å². The summed E-state index contributed by atoms with van der Waals surface area (Å²) >= 11 is 0. The minimum atomic E-state index is -0.947. The van der Waals surface area contributed by atoms with Gasteiger partial charge in [0.25, 0.3) is 0 Å². The molecule has 0 aliphatic heterocycles. The number of carbonyl (C=O) groups is 2. The molecule has 19 heavy (non-hydrogen) atoms. The van der Waals surface area contributed by atoms with Gasteiger partial charge in [-0.25, -0.2) is 0 Å². The quantitative estimate of drug-likeness (QED) is 0.661. The number of hydrogen-bond acceptors (Lipinski definition) is 5. The van der Waals surface area contributed by atoms with E-state index in [4.69, 9.17) is 5.11 Å². The number of hydrogen-bond donors (Lipinski definition) is 3. The predicted molar refractivity (Wildman–Crippen MR) is 63.7 cm³/mol. The highest BCUT2D eigenvalue weighted by Crippen LogP contribution is 2.26. The van der Waals surface area contributed by atoms with Crippen molar-refractivity contribution in [3.63, 3.8) is 0 Å². The van der Waals surface area contributed by atoms with Crippen LogP contribution in [0.4, 0.5) is 0 Å². The van der Waals surface area contributed by atoms with Crippen molar-refractivity contribution in [2.75, 3.05) is 0 Å². The number of aromatic nitrogens is 4. The molecule has 0 saturated carbocycles. The first-order chi connectivity index (χ1) is 9.09. The molecule has 1 aliphatic carbocycles. The van der Waals surface area contributed by atoms with E-state index >= 15 is 0 Å². The Hall–Kier alpha value is -2.25. The number of H-pyrrole nitrogens is 1. The summed E-state index contributed by atoms with van der Waals surface area (Å²) in [6.45, 7) is 1.72.